The molecule has 8 nitrogen and oxygen atoms in total. The van der Waals surface area contributed by atoms with Gasteiger partial charge in [0.2, 0.25) is 0 Å². The number of phenolic OH excluding ortho intramolecular Hbond substituents is 1. The lowest BCUT2D eigenvalue weighted by Gasteiger charge is -2.08. The monoisotopic (exact) mass is 418 g/mol. The van der Waals surface area contributed by atoms with E-state index in [1.54, 1.807) is 18.2 Å². The van der Waals surface area contributed by atoms with Crippen molar-refractivity contribution < 1.29 is 26.5 Å². The number of aromatic hydroxyl groups is 1. The van der Waals surface area contributed by atoms with E-state index in [1.807, 2.05) is 0 Å². The SMILES string of the molecule is C=CS(=O)(=O)c1ccc(N=Nc2cc(S(=O)(=O)O)c(O)c3ccccc23)cc1. The van der Waals surface area contributed by atoms with E-state index >= 15 is 0 Å². The molecule has 0 atom stereocenters. The van der Waals surface area contributed by atoms with Gasteiger partial charge in [-0.05, 0) is 30.3 Å². The lowest BCUT2D eigenvalue weighted by atomic mass is 10.1. The molecular weight excluding hydrogens is 404 g/mol. The van der Waals surface area contributed by atoms with E-state index in [0.29, 0.717) is 11.1 Å². The number of sulfone groups is 1. The summed E-state index contributed by atoms with van der Waals surface area (Å²) in [6.45, 7) is 3.25. The van der Waals surface area contributed by atoms with Gasteiger partial charge in [-0.15, -0.1) is 5.11 Å². The number of fused-ring (bicyclic) bond motifs is 1. The summed E-state index contributed by atoms with van der Waals surface area (Å²) in [6.07, 6.45) is 0. The molecule has 28 heavy (non-hydrogen) atoms. The summed E-state index contributed by atoms with van der Waals surface area (Å²) in [6, 6.07) is 12.9. The maximum atomic E-state index is 11.7. The fourth-order valence-electron chi connectivity index (χ4n) is 2.51. The third kappa shape index (κ3) is 3.79. The first-order valence-electron chi connectivity index (χ1n) is 7.75. The van der Waals surface area contributed by atoms with Crippen LogP contribution in [0.1, 0.15) is 0 Å². The normalized spacial score (nSPS) is 12.5. The highest BCUT2D eigenvalue weighted by atomic mass is 32.2. The van der Waals surface area contributed by atoms with E-state index in [1.165, 1.54) is 30.3 Å². The Kier molecular flexibility index (Phi) is 5.02. The van der Waals surface area contributed by atoms with Crippen molar-refractivity contribution >= 4 is 42.1 Å². The molecular formula is C18H14N2O6S2. The molecule has 0 saturated carbocycles. The molecule has 0 fully saturated rings. The van der Waals surface area contributed by atoms with E-state index < -0.39 is 30.6 Å². The maximum absolute atomic E-state index is 11.7. The van der Waals surface area contributed by atoms with Crippen molar-refractivity contribution in [1.29, 1.82) is 0 Å². The molecule has 0 aliphatic rings. The second-order valence-corrected chi connectivity index (χ2v) is 8.95. The Morgan fingerprint density at radius 2 is 1.50 bits per heavy atom. The number of benzene rings is 3. The minimum Gasteiger partial charge on any atom is -0.506 e. The van der Waals surface area contributed by atoms with Crippen molar-refractivity contribution in [2.75, 3.05) is 0 Å². The molecule has 0 bridgehead atoms. The van der Waals surface area contributed by atoms with E-state index in [-0.39, 0.29) is 16.0 Å². The van der Waals surface area contributed by atoms with Crippen molar-refractivity contribution in [2.24, 2.45) is 10.2 Å². The van der Waals surface area contributed by atoms with Crippen LogP contribution in [-0.2, 0) is 20.0 Å². The number of rotatable bonds is 5. The van der Waals surface area contributed by atoms with Crippen molar-refractivity contribution in [2.45, 2.75) is 9.79 Å². The molecule has 3 aromatic carbocycles. The van der Waals surface area contributed by atoms with Gasteiger partial charge in [0, 0.05) is 16.2 Å². The summed E-state index contributed by atoms with van der Waals surface area (Å²) < 4.78 is 55.9. The van der Waals surface area contributed by atoms with Crippen molar-refractivity contribution in [3.63, 3.8) is 0 Å². The van der Waals surface area contributed by atoms with Crippen molar-refractivity contribution in [3.05, 3.63) is 66.6 Å². The van der Waals surface area contributed by atoms with Crippen LogP contribution in [-0.4, -0.2) is 26.5 Å². The molecule has 0 saturated heterocycles. The number of azo groups is 1. The highest BCUT2D eigenvalue weighted by Gasteiger charge is 2.20. The van der Waals surface area contributed by atoms with Crippen LogP contribution >= 0.6 is 0 Å². The van der Waals surface area contributed by atoms with Crippen LogP contribution in [0, 0.1) is 0 Å². The molecule has 2 N–H and O–H groups in total. The zero-order valence-electron chi connectivity index (χ0n) is 14.2. The summed E-state index contributed by atoms with van der Waals surface area (Å²) in [7, 11) is -8.25. The van der Waals surface area contributed by atoms with Crippen LogP contribution in [0.25, 0.3) is 10.8 Å². The van der Waals surface area contributed by atoms with Crippen LogP contribution in [0.5, 0.6) is 5.75 Å². The predicted molar refractivity (Wildman–Crippen MR) is 103 cm³/mol. The van der Waals surface area contributed by atoms with Gasteiger partial charge in [0.25, 0.3) is 10.1 Å². The zero-order chi connectivity index (χ0) is 20.5. The van der Waals surface area contributed by atoms with Crippen LogP contribution in [0.15, 0.2) is 86.6 Å². The molecule has 0 aliphatic carbocycles. The fourth-order valence-corrected chi connectivity index (χ4v) is 3.83. The third-order valence-electron chi connectivity index (χ3n) is 3.90. The van der Waals surface area contributed by atoms with Crippen LogP contribution < -0.4 is 0 Å². The minimum atomic E-state index is -4.68. The van der Waals surface area contributed by atoms with Gasteiger partial charge in [0.15, 0.2) is 9.84 Å². The third-order valence-corrected chi connectivity index (χ3v) is 6.13. The van der Waals surface area contributed by atoms with Crippen LogP contribution in [0.2, 0.25) is 0 Å². The van der Waals surface area contributed by atoms with Gasteiger partial charge >= 0.3 is 0 Å². The number of nitrogens with zero attached hydrogens (tertiary/aromatic N) is 2. The second kappa shape index (κ2) is 7.15. The van der Waals surface area contributed by atoms with Crippen molar-refractivity contribution in [1.82, 2.24) is 0 Å². The molecule has 0 amide bonds. The van der Waals surface area contributed by atoms with Gasteiger partial charge in [-0.1, -0.05) is 30.8 Å². The Morgan fingerprint density at radius 3 is 2.07 bits per heavy atom. The summed E-state index contributed by atoms with van der Waals surface area (Å²) in [5.41, 5.74) is 0.414. The molecule has 0 aromatic heterocycles. The molecule has 0 unspecified atom stereocenters. The quantitative estimate of drug-likeness (QED) is 0.473. The molecule has 0 heterocycles. The standard InChI is InChI=1S/C18H14N2O6S2/c1-2-27(22,23)13-9-7-12(8-10-13)19-20-16-11-17(28(24,25)26)18(21)15-6-4-3-5-14(15)16/h2-11,21H,1H2,(H,24,25,26). The Labute approximate surface area is 161 Å². The first-order valence-corrected chi connectivity index (χ1v) is 10.7. The summed E-state index contributed by atoms with van der Waals surface area (Å²) in [5, 5.41) is 19.6. The maximum Gasteiger partial charge on any atom is 0.298 e. The molecule has 0 radical (unpaired) electrons. The first-order chi connectivity index (χ1) is 13.1. The number of hydrogen-bond donors (Lipinski definition) is 2. The summed E-state index contributed by atoms with van der Waals surface area (Å²) in [4.78, 5) is -0.641. The number of phenols is 1. The Balaban J connectivity index is 2.09. The van der Waals surface area contributed by atoms with E-state index in [4.69, 9.17) is 0 Å². The lowest BCUT2D eigenvalue weighted by molar-refractivity contribution is 0.448. The Bertz CT molecular complexity index is 1310. The average Bonchev–Trinajstić information content (AvgIpc) is 2.67. The van der Waals surface area contributed by atoms with E-state index in [9.17, 15) is 26.5 Å². The lowest BCUT2D eigenvalue weighted by Crippen LogP contribution is -1.98. The van der Waals surface area contributed by atoms with Gasteiger partial charge in [0.1, 0.15) is 10.6 Å². The van der Waals surface area contributed by atoms with Crippen LogP contribution in [0.3, 0.4) is 0 Å². The smallest absolute Gasteiger partial charge is 0.298 e. The Morgan fingerprint density at radius 1 is 0.893 bits per heavy atom. The van der Waals surface area contributed by atoms with Crippen LogP contribution in [0.4, 0.5) is 11.4 Å². The fraction of sp³-hybridized carbons (Fsp3) is 0. The molecule has 0 spiro atoms. The highest BCUT2D eigenvalue weighted by molar-refractivity contribution is 7.94. The topological polar surface area (TPSA) is 133 Å². The van der Waals surface area contributed by atoms with Gasteiger partial charge in [-0.25, -0.2) is 8.42 Å². The van der Waals surface area contributed by atoms with Gasteiger partial charge < -0.3 is 5.11 Å². The first kappa shape index (κ1) is 19.7. The largest absolute Gasteiger partial charge is 0.506 e. The van der Waals surface area contributed by atoms with Crippen molar-refractivity contribution in [3.8, 4) is 5.75 Å². The van der Waals surface area contributed by atoms with E-state index in [2.05, 4.69) is 16.8 Å². The highest BCUT2D eigenvalue weighted by Crippen LogP contribution is 2.38. The molecule has 3 rings (SSSR count). The average molecular weight is 418 g/mol. The molecule has 10 heteroatoms. The van der Waals surface area contributed by atoms with E-state index in [0.717, 1.165) is 11.5 Å². The Hall–Kier alpha value is -3.08. The van der Waals surface area contributed by atoms with Gasteiger partial charge in [-0.2, -0.15) is 13.5 Å². The van der Waals surface area contributed by atoms with Gasteiger partial charge in [0.05, 0.1) is 16.3 Å². The minimum absolute atomic E-state index is 0.0465. The predicted octanol–water partition coefficient (Wildman–Crippen LogP) is 4.12. The van der Waals surface area contributed by atoms with Gasteiger partial charge in [-0.3, -0.25) is 4.55 Å². The second-order valence-electron chi connectivity index (χ2n) is 5.67. The zero-order valence-corrected chi connectivity index (χ0v) is 15.9. The molecule has 144 valence electrons. The summed E-state index contributed by atoms with van der Waals surface area (Å²) in [5.74, 6) is -0.587. The molecule has 3 aromatic rings. The summed E-state index contributed by atoms with van der Waals surface area (Å²) >= 11 is 0. The number of hydrogen-bond acceptors (Lipinski definition) is 7. The molecule has 0 aliphatic heterocycles.